The van der Waals surface area contributed by atoms with Crippen molar-refractivity contribution >= 4 is 0 Å². The van der Waals surface area contributed by atoms with Crippen LogP contribution < -0.4 is 5.32 Å². The minimum atomic E-state index is -2.37. The van der Waals surface area contributed by atoms with Crippen molar-refractivity contribution in [2.24, 2.45) is 0 Å². The third-order valence-corrected chi connectivity index (χ3v) is 2.18. The molecule has 1 atom stereocenters. The third-order valence-electron chi connectivity index (χ3n) is 2.18. The van der Waals surface area contributed by atoms with E-state index < -0.39 is 13.0 Å². The zero-order chi connectivity index (χ0) is 11.7. The fraction of sp³-hybridized carbons (Fsp3) is 0.818. The number of halogens is 2. The topological polar surface area (TPSA) is 21.3 Å². The maximum absolute atomic E-state index is 11.7. The Hall–Kier alpha value is -0.480. The second kappa shape index (κ2) is 8.80. The van der Waals surface area contributed by atoms with Crippen LogP contribution in [0.25, 0.3) is 0 Å². The van der Waals surface area contributed by atoms with Gasteiger partial charge in [0.1, 0.15) is 6.61 Å². The summed E-state index contributed by atoms with van der Waals surface area (Å²) in [6, 6.07) is 0.319. The summed E-state index contributed by atoms with van der Waals surface area (Å²) >= 11 is 0. The molecule has 0 heterocycles. The molecular weight excluding hydrogens is 200 g/mol. The Kier molecular flexibility index (Phi) is 8.52. The molecule has 0 aliphatic carbocycles. The van der Waals surface area contributed by atoms with Crippen molar-refractivity contribution in [2.75, 3.05) is 20.3 Å². The standard InChI is InChI=1S/C11H21F2NO/c1-9(2)4-5-10(14-3)6-7-15-8-11(12)13/h10-11,14H,1,4-8H2,2-3H3. The molecule has 0 rings (SSSR count). The van der Waals surface area contributed by atoms with Crippen LogP contribution in [-0.2, 0) is 4.74 Å². The Morgan fingerprint density at radius 3 is 2.53 bits per heavy atom. The highest BCUT2D eigenvalue weighted by atomic mass is 19.3. The molecule has 0 aromatic carbocycles. The van der Waals surface area contributed by atoms with E-state index in [2.05, 4.69) is 11.9 Å². The van der Waals surface area contributed by atoms with E-state index in [0.29, 0.717) is 12.6 Å². The lowest BCUT2D eigenvalue weighted by Gasteiger charge is -2.15. The van der Waals surface area contributed by atoms with Crippen LogP contribution in [0.15, 0.2) is 12.2 Å². The Morgan fingerprint density at radius 2 is 2.07 bits per heavy atom. The van der Waals surface area contributed by atoms with Gasteiger partial charge in [0.15, 0.2) is 0 Å². The number of nitrogens with one attached hydrogen (secondary N) is 1. The molecule has 2 nitrogen and oxygen atoms in total. The summed E-state index contributed by atoms with van der Waals surface area (Å²) in [4.78, 5) is 0. The molecule has 0 saturated carbocycles. The van der Waals surface area contributed by atoms with Crippen molar-refractivity contribution in [2.45, 2.75) is 38.7 Å². The van der Waals surface area contributed by atoms with Gasteiger partial charge >= 0.3 is 0 Å². The molecule has 90 valence electrons. The predicted octanol–water partition coefficient (Wildman–Crippen LogP) is 2.60. The van der Waals surface area contributed by atoms with E-state index in [9.17, 15) is 8.78 Å². The average Bonchev–Trinajstić information content (AvgIpc) is 2.16. The van der Waals surface area contributed by atoms with Crippen molar-refractivity contribution in [3.8, 4) is 0 Å². The maximum atomic E-state index is 11.7. The number of allylic oxidation sites excluding steroid dienone is 1. The summed E-state index contributed by atoms with van der Waals surface area (Å²) in [7, 11) is 1.87. The van der Waals surface area contributed by atoms with E-state index in [1.54, 1.807) is 0 Å². The van der Waals surface area contributed by atoms with Crippen molar-refractivity contribution < 1.29 is 13.5 Å². The van der Waals surface area contributed by atoms with E-state index in [1.165, 1.54) is 0 Å². The van der Waals surface area contributed by atoms with Gasteiger partial charge in [-0.1, -0.05) is 5.57 Å². The van der Waals surface area contributed by atoms with Gasteiger partial charge in [-0.3, -0.25) is 0 Å². The van der Waals surface area contributed by atoms with Crippen LogP contribution in [0.5, 0.6) is 0 Å². The summed E-state index contributed by atoms with van der Waals surface area (Å²) < 4.78 is 28.3. The zero-order valence-electron chi connectivity index (χ0n) is 9.56. The van der Waals surface area contributed by atoms with E-state index in [0.717, 1.165) is 24.8 Å². The van der Waals surface area contributed by atoms with Gasteiger partial charge in [0.05, 0.1) is 0 Å². The Morgan fingerprint density at radius 1 is 1.40 bits per heavy atom. The summed E-state index contributed by atoms with van der Waals surface area (Å²) in [6.07, 6.45) is 0.328. The molecule has 0 fully saturated rings. The van der Waals surface area contributed by atoms with Crippen LogP contribution in [0.4, 0.5) is 8.78 Å². The fourth-order valence-electron chi connectivity index (χ4n) is 1.25. The van der Waals surface area contributed by atoms with Gasteiger partial charge < -0.3 is 10.1 Å². The zero-order valence-corrected chi connectivity index (χ0v) is 9.56. The molecule has 0 aromatic heterocycles. The number of hydrogen-bond acceptors (Lipinski definition) is 2. The third kappa shape index (κ3) is 9.82. The minimum Gasteiger partial charge on any atom is -0.375 e. The van der Waals surface area contributed by atoms with Crippen LogP contribution in [0.3, 0.4) is 0 Å². The lowest BCUT2D eigenvalue weighted by Crippen LogP contribution is -2.27. The van der Waals surface area contributed by atoms with Crippen LogP contribution in [0.1, 0.15) is 26.2 Å². The normalized spacial score (nSPS) is 13.1. The maximum Gasteiger partial charge on any atom is 0.261 e. The molecule has 0 aliphatic rings. The smallest absolute Gasteiger partial charge is 0.261 e. The molecule has 0 spiro atoms. The highest BCUT2D eigenvalue weighted by Crippen LogP contribution is 2.07. The second-order valence-corrected chi connectivity index (χ2v) is 3.74. The molecule has 4 heteroatoms. The first-order valence-corrected chi connectivity index (χ1v) is 5.23. The minimum absolute atomic E-state index is 0.319. The van der Waals surface area contributed by atoms with Gasteiger partial charge in [0, 0.05) is 12.6 Å². The average molecular weight is 221 g/mol. The van der Waals surface area contributed by atoms with Crippen molar-refractivity contribution in [3.05, 3.63) is 12.2 Å². The van der Waals surface area contributed by atoms with Gasteiger partial charge in [-0.05, 0) is 33.2 Å². The lowest BCUT2D eigenvalue weighted by molar-refractivity contribution is 0.0144. The molecule has 0 aromatic rings. The Balaban J connectivity index is 3.48. The van der Waals surface area contributed by atoms with Crippen LogP contribution in [-0.4, -0.2) is 32.7 Å². The van der Waals surface area contributed by atoms with E-state index >= 15 is 0 Å². The first-order chi connectivity index (χ1) is 7.06. The Labute approximate surface area is 90.7 Å². The molecule has 0 bridgehead atoms. The fourth-order valence-corrected chi connectivity index (χ4v) is 1.25. The van der Waals surface area contributed by atoms with Crippen molar-refractivity contribution in [3.63, 3.8) is 0 Å². The van der Waals surface area contributed by atoms with Crippen molar-refractivity contribution in [1.82, 2.24) is 5.32 Å². The lowest BCUT2D eigenvalue weighted by atomic mass is 10.1. The van der Waals surface area contributed by atoms with Crippen molar-refractivity contribution in [1.29, 1.82) is 0 Å². The monoisotopic (exact) mass is 221 g/mol. The molecule has 1 N–H and O–H groups in total. The number of alkyl halides is 2. The highest BCUT2D eigenvalue weighted by Gasteiger charge is 2.07. The van der Waals surface area contributed by atoms with Gasteiger partial charge in [-0.25, -0.2) is 8.78 Å². The van der Waals surface area contributed by atoms with Crippen LogP contribution in [0.2, 0.25) is 0 Å². The van der Waals surface area contributed by atoms with E-state index in [4.69, 9.17) is 4.74 Å². The largest absolute Gasteiger partial charge is 0.375 e. The van der Waals surface area contributed by atoms with Gasteiger partial charge in [-0.15, -0.1) is 6.58 Å². The van der Waals surface area contributed by atoms with Crippen LogP contribution in [0, 0.1) is 0 Å². The molecule has 0 amide bonds. The first-order valence-electron chi connectivity index (χ1n) is 5.23. The van der Waals surface area contributed by atoms with Gasteiger partial charge in [0.2, 0.25) is 0 Å². The Bertz CT molecular complexity index is 174. The molecule has 0 aliphatic heterocycles. The van der Waals surface area contributed by atoms with Gasteiger partial charge in [-0.2, -0.15) is 0 Å². The summed E-state index contributed by atoms with van der Waals surface area (Å²) in [6.45, 7) is 5.73. The number of hydrogen-bond donors (Lipinski definition) is 1. The van der Waals surface area contributed by atoms with E-state index in [1.807, 2.05) is 14.0 Å². The van der Waals surface area contributed by atoms with E-state index in [-0.39, 0.29) is 0 Å². The molecule has 1 unspecified atom stereocenters. The molecule has 15 heavy (non-hydrogen) atoms. The number of ether oxygens (including phenoxy) is 1. The number of rotatable bonds is 9. The highest BCUT2D eigenvalue weighted by molar-refractivity contribution is 4.89. The predicted molar refractivity (Wildman–Crippen MR) is 58.3 cm³/mol. The molecule has 0 radical (unpaired) electrons. The summed E-state index contributed by atoms with van der Waals surface area (Å²) in [5.41, 5.74) is 1.14. The SMILES string of the molecule is C=C(C)CCC(CCOCC(F)F)NC. The summed E-state index contributed by atoms with van der Waals surface area (Å²) in [5, 5.41) is 3.14. The van der Waals surface area contributed by atoms with Crippen LogP contribution >= 0.6 is 0 Å². The quantitative estimate of drug-likeness (QED) is 0.477. The molecule has 0 saturated heterocycles. The van der Waals surface area contributed by atoms with Gasteiger partial charge in [0.25, 0.3) is 6.43 Å². The first kappa shape index (κ1) is 14.5. The molecular formula is C11H21F2NO. The summed E-state index contributed by atoms with van der Waals surface area (Å²) in [5.74, 6) is 0. The second-order valence-electron chi connectivity index (χ2n) is 3.74.